The van der Waals surface area contributed by atoms with Crippen LogP contribution in [0.2, 0.25) is 0 Å². The highest BCUT2D eigenvalue weighted by atomic mass is 16.5. The molecule has 2 saturated heterocycles. The molecule has 2 aliphatic heterocycles. The number of carbonyl (C=O) groups excluding carboxylic acids is 1. The lowest BCUT2D eigenvalue weighted by Crippen LogP contribution is -2.48. The van der Waals surface area contributed by atoms with Crippen LogP contribution >= 0.6 is 0 Å². The highest BCUT2D eigenvalue weighted by Gasteiger charge is 2.35. The number of allylic oxidation sites excluding steroid dienone is 1. The Labute approximate surface area is 169 Å². The van der Waals surface area contributed by atoms with Crippen molar-refractivity contribution in [1.82, 2.24) is 20.0 Å². The molecule has 0 unspecified atom stereocenters. The van der Waals surface area contributed by atoms with Crippen molar-refractivity contribution in [3.63, 3.8) is 0 Å². The molecule has 0 aromatic carbocycles. The zero-order valence-corrected chi connectivity index (χ0v) is 17.6. The minimum Gasteiger partial charge on any atom is -0.381 e. The molecule has 6 heteroatoms. The first kappa shape index (κ1) is 21.1. The van der Waals surface area contributed by atoms with Crippen LogP contribution in [0.1, 0.15) is 49.1 Å². The number of hydrogen-bond donors (Lipinski definition) is 1. The zero-order chi connectivity index (χ0) is 20.0. The van der Waals surface area contributed by atoms with Gasteiger partial charge in [0, 0.05) is 43.8 Å². The van der Waals surface area contributed by atoms with E-state index >= 15 is 0 Å². The third-order valence-corrected chi connectivity index (χ3v) is 6.41. The van der Waals surface area contributed by atoms with Gasteiger partial charge in [-0.05, 0) is 64.6 Å². The molecule has 0 radical (unpaired) electrons. The molecule has 0 bridgehead atoms. The van der Waals surface area contributed by atoms with Crippen molar-refractivity contribution >= 4 is 5.91 Å². The van der Waals surface area contributed by atoms with Gasteiger partial charge < -0.3 is 15.0 Å². The van der Waals surface area contributed by atoms with Crippen LogP contribution in [0.3, 0.4) is 0 Å². The van der Waals surface area contributed by atoms with Crippen LogP contribution in [0.25, 0.3) is 0 Å². The summed E-state index contributed by atoms with van der Waals surface area (Å²) in [5, 5.41) is 7.80. The Morgan fingerprint density at radius 1 is 1.29 bits per heavy atom. The number of ether oxygens (including phenoxy) is 1. The van der Waals surface area contributed by atoms with Crippen molar-refractivity contribution in [2.24, 2.45) is 5.41 Å². The predicted octanol–water partition coefficient (Wildman–Crippen LogP) is 2.63. The highest BCUT2D eigenvalue weighted by molar-refractivity contribution is 5.76. The van der Waals surface area contributed by atoms with Crippen molar-refractivity contribution < 1.29 is 9.53 Å². The molecule has 1 aromatic rings. The van der Waals surface area contributed by atoms with Gasteiger partial charge in [0.05, 0.1) is 12.2 Å². The van der Waals surface area contributed by atoms with E-state index in [4.69, 9.17) is 4.74 Å². The van der Waals surface area contributed by atoms with Gasteiger partial charge in [-0.1, -0.05) is 6.08 Å². The summed E-state index contributed by atoms with van der Waals surface area (Å²) in [5.41, 5.74) is 3.51. The van der Waals surface area contributed by atoms with Crippen LogP contribution in [0.4, 0.5) is 0 Å². The Bertz CT molecular complexity index is 670. The van der Waals surface area contributed by atoms with E-state index in [9.17, 15) is 4.79 Å². The van der Waals surface area contributed by atoms with E-state index in [1.807, 2.05) is 17.7 Å². The van der Waals surface area contributed by atoms with Crippen LogP contribution < -0.4 is 5.32 Å². The second-order valence-corrected chi connectivity index (χ2v) is 8.49. The van der Waals surface area contributed by atoms with Crippen molar-refractivity contribution in [3.8, 4) is 0 Å². The van der Waals surface area contributed by atoms with Crippen LogP contribution in [-0.2, 0) is 22.5 Å². The smallest absolute Gasteiger partial charge is 0.220 e. The summed E-state index contributed by atoms with van der Waals surface area (Å²) in [5.74, 6) is 0.141. The molecule has 0 saturated carbocycles. The molecule has 6 nitrogen and oxygen atoms in total. The van der Waals surface area contributed by atoms with Gasteiger partial charge in [-0.25, -0.2) is 0 Å². The van der Waals surface area contributed by atoms with Crippen molar-refractivity contribution in [3.05, 3.63) is 29.6 Å². The minimum absolute atomic E-state index is 0.141. The average molecular weight is 389 g/mol. The molecule has 0 aliphatic carbocycles. The average Bonchev–Trinajstić information content (AvgIpc) is 3.28. The highest BCUT2D eigenvalue weighted by Crippen LogP contribution is 2.32. The standard InChI is InChI=1S/C22H36N4O2/c1-4-11-26-19(3)20(18(2)24-26)7-8-21(27)23-16-22(9-14-28-15-10-22)17-25-12-5-6-13-25/h4H,1,5-17H2,2-3H3,(H,23,27). The van der Waals surface area contributed by atoms with Gasteiger partial charge in [0.1, 0.15) is 0 Å². The summed E-state index contributed by atoms with van der Waals surface area (Å²) >= 11 is 0. The van der Waals surface area contributed by atoms with Crippen LogP contribution in [0.15, 0.2) is 12.7 Å². The van der Waals surface area contributed by atoms with Crippen LogP contribution in [0.5, 0.6) is 0 Å². The van der Waals surface area contributed by atoms with Crippen LogP contribution in [0, 0.1) is 19.3 Å². The first-order chi connectivity index (χ1) is 13.5. The number of nitrogens with one attached hydrogen (secondary N) is 1. The molecule has 1 N–H and O–H groups in total. The Morgan fingerprint density at radius 2 is 2.00 bits per heavy atom. The van der Waals surface area contributed by atoms with Crippen molar-refractivity contribution in [2.45, 2.75) is 58.9 Å². The van der Waals surface area contributed by atoms with E-state index in [2.05, 4.69) is 28.8 Å². The normalized spacial score (nSPS) is 19.6. The molecule has 28 heavy (non-hydrogen) atoms. The summed E-state index contributed by atoms with van der Waals surface area (Å²) in [7, 11) is 0. The lowest BCUT2D eigenvalue weighted by molar-refractivity contribution is -0.122. The van der Waals surface area contributed by atoms with E-state index in [0.29, 0.717) is 13.0 Å². The van der Waals surface area contributed by atoms with Gasteiger partial charge >= 0.3 is 0 Å². The summed E-state index contributed by atoms with van der Waals surface area (Å²) in [6.45, 7) is 14.5. The number of likely N-dealkylation sites (tertiary alicyclic amines) is 1. The molecule has 1 amide bonds. The zero-order valence-electron chi connectivity index (χ0n) is 17.6. The number of amides is 1. The van der Waals surface area contributed by atoms with Gasteiger partial charge in [0.2, 0.25) is 5.91 Å². The maximum atomic E-state index is 12.6. The topological polar surface area (TPSA) is 59.4 Å². The maximum absolute atomic E-state index is 12.6. The van der Waals surface area contributed by atoms with E-state index in [0.717, 1.165) is 57.0 Å². The van der Waals surface area contributed by atoms with Crippen LogP contribution in [-0.4, -0.2) is 60.0 Å². The van der Waals surface area contributed by atoms with E-state index < -0.39 is 0 Å². The summed E-state index contributed by atoms with van der Waals surface area (Å²) in [6.07, 6.45) is 7.78. The number of hydrogen-bond acceptors (Lipinski definition) is 4. The third-order valence-electron chi connectivity index (χ3n) is 6.41. The minimum atomic E-state index is 0.141. The fourth-order valence-corrected chi connectivity index (χ4v) is 4.62. The molecule has 2 fully saturated rings. The van der Waals surface area contributed by atoms with E-state index in [1.54, 1.807) is 0 Å². The Balaban J connectivity index is 1.52. The summed E-state index contributed by atoms with van der Waals surface area (Å²) in [6, 6.07) is 0. The molecular weight excluding hydrogens is 352 g/mol. The number of rotatable bonds is 9. The summed E-state index contributed by atoms with van der Waals surface area (Å²) in [4.78, 5) is 15.2. The number of aromatic nitrogens is 2. The quantitative estimate of drug-likeness (QED) is 0.661. The molecule has 1 aromatic heterocycles. The fourth-order valence-electron chi connectivity index (χ4n) is 4.62. The Kier molecular flexibility index (Phi) is 7.30. The van der Waals surface area contributed by atoms with Gasteiger partial charge in [-0.2, -0.15) is 5.10 Å². The molecule has 2 aliphatic rings. The Hall–Kier alpha value is -1.66. The molecule has 156 valence electrons. The van der Waals surface area contributed by atoms with Crippen molar-refractivity contribution in [2.75, 3.05) is 39.4 Å². The van der Waals surface area contributed by atoms with Crippen molar-refractivity contribution in [1.29, 1.82) is 0 Å². The second-order valence-electron chi connectivity index (χ2n) is 8.49. The number of carbonyl (C=O) groups is 1. The molecule has 0 atom stereocenters. The second kappa shape index (κ2) is 9.70. The molecule has 3 rings (SSSR count). The van der Waals surface area contributed by atoms with Gasteiger partial charge in [0.25, 0.3) is 0 Å². The number of nitrogens with zero attached hydrogens (tertiary/aromatic N) is 3. The molecule has 3 heterocycles. The largest absolute Gasteiger partial charge is 0.381 e. The van der Waals surface area contributed by atoms with Gasteiger partial charge in [-0.15, -0.1) is 6.58 Å². The van der Waals surface area contributed by atoms with E-state index in [1.165, 1.54) is 31.5 Å². The monoisotopic (exact) mass is 388 g/mol. The first-order valence-corrected chi connectivity index (χ1v) is 10.7. The lowest BCUT2D eigenvalue weighted by Gasteiger charge is -2.40. The fraction of sp³-hybridized carbons (Fsp3) is 0.727. The molecular formula is C22H36N4O2. The maximum Gasteiger partial charge on any atom is 0.220 e. The Morgan fingerprint density at radius 3 is 2.68 bits per heavy atom. The van der Waals surface area contributed by atoms with E-state index in [-0.39, 0.29) is 11.3 Å². The third kappa shape index (κ3) is 5.23. The molecule has 0 spiro atoms. The summed E-state index contributed by atoms with van der Waals surface area (Å²) < 4.78 is 7.56. The van der Waals surface area contributed by atoms with Gasteiger partial charge in [-0.3, -0.25) is 9.48 Å². The predicted molar refractivity (Wildman–Crippen MR) is 111 cm³/mol. The number of aryl methyl sites for hydroxylation is 1. The lowest BCUT2D eigenvalue weighted by atomic mass is 9.79. The van der Waals surface area contributed by atoms with Gasteiger partial charge in [0.15, 0.2) is 0 Å². The first-order valence-electron chi connectivity index (χ1n) is 10.7. The SMILES string of the molecule is C=CCn1nc(C)c(CCC(=O)NCC2(CN3CCCC3)CCOCC2)c1C.